The molecule has 1 aliphatic heterocycles. The molecule has 1 aliphatic rings. The van der Waals surface area contributed by atoms with Crippen molar-refractivity contribution < 1.29 is 28.3 Å². The Kier molecular flexibility index (Phi) is 7.45. The van der Waals surface area contributed by atoms with E-state index in [9.17, 15) is 28.8 Å². The van der Waals surface area contributed by atoms with Crippen LogP contribution < -0.4 is 4.90 Å². The minimum Gasteiger partial charge on any atom is -0.454 e. The Balaban J connectivity index is 1.42. The molecule has 1 fully saturated rings. The van der Waals surface area contributed by atoms with Crippen LogP contribution in [0, 0.1) is 31.0 Å². The molecule has 4 rings (SSSR count). The Bertz CT molecular complexity index is 1450. The van der Waals surface area contributed by atoms with Crippen LogP contribution in [-0.4, -0.2) is 40.4 Å². The van der Waals surface area contributed by atoms with Crippen LogP contribution in [0.2, 0.25) is 0 Å². The van der Waals surface area contributed by atoms with Crippen LogP contribution in [0.1, 0.15) is 44.0 Å². The number of hydrogen-bond acceptors (Lipinski definition) is 8. The molecule has 0 bridgehead atoms. The third-order valence-corrected chi connectivity index (χ3v) is 6.82. The number of anilines is 1. The molecule has 10 heteroatoms. The topological polar surface area (TPSA) is 117 Å². The van der Waals surface area contributed by atoms with E-state index in [1.54, 1.807) is 19.9 Å². The van der Waals surface area contributed by atoms with Crippen LogP contribution in [0.25, 0.3) is 0 Å². The number of thioether (sulfide) groups is 1. The molecule has 8 nitrogen and oxygen atoms in total. The minimum absolute atomic E-state index is 0.0572. The monoisotopic (exact) mass is 517 g/mol. The predicted molar refractivity (Wildman–Crippen MR) is 133 cm³/mol. The number of halogens is 1. The molecule has 0 radical (unpaired) electrons. The highest BCUT2D eigenvalue weighted by Crippen LogP contribution is 2.35. The van der Waals surface area contributed by atoms with Gasteiger partial charge in [-0.1, -0.05) is 11.8 Å². The largest absolute Gasteiger partial charge is 0.454 e. The summed E-state index contributed by atoms with van der Waals surface area (Å²) >= 11 is 1.08. The molecular weight excluding hydrogens is 497 g/mol. The molecule has 0 aliphatic carbocycles. The van der Waals surface area contributed by atoms with Crippen molar-refractivity contribution >= 4 is 41.0 Å². The van der Waals surface area contributed by atoms with Gasteiger partial charge in [0, 0.05) is 17.7 Å². The predicted octanol–water partition coefficient (Wildman–Crippen LogP) is 4.17. The van der Waals surface area contributed by atoms with Gasteiger partial charge in [0.1, 0.15) is 16.9 Å². The number of nitriles is 1. The zero-order valence-corrected chi connectivity index (χ0v) is 20.7. The molecule has 2 heterocycles. The maximum atomic E-state index is 13.1. The van der Waals surface area contributed by atoms with E-state index in [0.29, 0.717) is 16.3 Å². The summed E-state index contributed by atoms with van der Waals surface area (Å²) < 4.78 is 18.0. The number of aryl methyl sites for hydroxylation is 2. The van der Waals surface area contributed by atoms with Gasteiger partial charge in [-0.3, -0.25) is 14.4 Å². The van der Waals surface area contributed by atoms with Crippen LogP contribution in [-0.2, 0) is 14.3 Å². The molecule has 37 heavy (non-hydrogen) atoms. The highest BCUT2D eigenvalue weighted by Gasteiger charge is 2.41. The second kappa shape index (κ2) is 10.7. The first-order valence-corrected chi connectivity index (χ1v) is 12.0. The van der Waals surface area contributed by atoms with Crippen LogP contribution in [0.15, 0.2) is 59.6 Å². The quantitative estimate of drug-likeness (QED) is 0.260. The number of carbonyl (C=O) groups is 4. The number of aromatic nitrogens is 1. The molecule has 0 N–H and O–H groups in total. The van der Waals surface area contributed by atoms with Gasteiger partial charge in [-0.05, 0) is 74.0 Å². The SMILES string of the molecule is Cc1cc(C)c(C#N)c(SC2CC(=O)N(c3ccc(C(=O)OCC(=O)c4ccc(F)cc4)cc3)C2=O)n1. The number of benzene rings is 2. The van der Waals surface area contributed by atoms with Gasteiger partial charge in [0.2, 0.25) is 11.8 Å². The third kappa shape index (κ3) is 5.57. The molecule has 1 atom stereocenters. The summed E-state index contributed by atoms with van der Waals surface area (Å²) in [6.07, 6.45) is -0.0572. The first-order valence-electron chi connectivity index (χ1n) is 11.2. The Morgan fingerprint density at radius 1 is 1.11 bits per heavy atom. The maximum Gasteiger partial charge on any atom is 0.338 e. The summed E-state index contributed by atoms with van der Waals surface area (Å²) in [5, 5.41) is 9.15. The summed E-state index contributed by atoms with van der Waals surface area (Å²) in [4.78, 5) is 55.6. The number of amides is 2. The van der Waals surface area contributed by atoms with E-state index in [1.807, 2.05) is 0 Å². The van der Waals surface area contributed by atoms with E-state index in [4.69, 9.17) is 4.74 Å². The van der Waals surface area contributed by atoms with Gasteiger partial charge in [0.15, 0.2) is 12.4 Å². The van der Waals surface area contributed by atoms with Crippen molar-refractivity contribution in [2.45, 2.75) is 30.5 Å². The number of nitrogens with zero attached hydrogens (tertiary/aromatic N) is 3. The van der Waals surface area contributed by atoms with Crippen molar-refractivity contribution in [1.82, 2.24) is 4.98 Å². The Hall–Kier alpha value is -4.36. The van der Waals surface area contributed by atoms with Crippen LogP contribution in [0.5, 0.6) is 0 Å². The Morgan fingerprint density at radius 3 is 2.41 bits per heavy atom. The number of carbonyl (C=O) groups excluding carboxylic acids is 4. The Morgan fingerprint density at radius 2 is 1.76 bits per heavy atom. The lowest BCUT2D eigenvalue weighted by atomic mass is 10.1. The first kappa shape index (κ1) is 25.7. The Labute approximate surface area is 216 Å². The first-order chi connectivity index (χ1) is 17.7. The molecule has 2 amide bonds. The number of esters is 1. The summed E-state index contributed by atoms with van der Waals surface area (Å²) in [7, 11) is 0. The minimum atomic E-state index is -0.764. The van der Waals surface area contributed by atoms with Crippen molar-refractivity contribution in [3.63, 3.8) is 0 Å². The molecule has 3 aromatic rings. The number of hydrogen-bond donors (Lipinski definition) is 0. The van der Waals surface area contributed by atoms with Crippen LogP contribution in [0.3, 0.4) is 0 Å². The molecule has 0 spiro atoms. The third-order valence-electron chi connectivity index (χ3n) is 5.64. The van der Waals surface area contributed by atoms with Crippen molar-refractivity contribution in [2.75, 3.05) is 11.5 Å². The number of imide groups is 1. The van der Waals surface area contributed by atoms with Crippen molar-refractivity contribution in [3.05, 3.63) is 88.4 Å². The van der Waals surface area contributed by atoms with E-state index in [1.165, 1.54) is 36.4 Å². The normalized spacial score (nSPS) is 15.0. The fraction of sp³-hybridized carbons (Fsp3) is 0.185. The molecule has 186 valence electrons. The van der Waals surface area contributed by atoms with Gasteiger partial charge in [-0.25, -0.2) is 19.1 Å². The fourth-order valence-corrected chi connectivity index (χ4v) is 5.03. The number of Topliss-reactive ketones (excluding diaryl/α,β-unsaturated/α-hetero) is 1. The van der Waals surface area contributed by atoms with Gasteiger partial charge in [-0.2, -0.15) is 5.26 Å². The average molecular weight is 518 g/mol. The molecule has 1 saturated heterocycles. The number of ketones is 1. The zero-order chi connectivity index (χ0) is 26.7. The molecule has 0 saturated carbocycles. The zero-order valence-electron chi connectivity index (χ0n) is 19.9. The average Bonchev–Trinajstić information content (AvgIpc) is 3.15. The van der Waals surface area contributed by atoms with Gasteiger partial charge in [-0.15, -0.1) is 0 Å². The van der Waals surface area contributed by atoms with Crippen molar-refractivity contribution in [3.8, 4) is 6.07 Å². The van der Waals surface area contributed by atoms with E-state index >= 15 is 0 Å². The smallest absolute Gasteiger partial charge is 0.338 e. The summed E-state index contributed by atoms with van der Waals surface area (Å²) in [6.45, 7) is 3.05. The van der Waals surface area contributed by atoms with Gasteiger partial charge in [0.25, 0.3) is 0 Å². The summed E-state index contributed by atoms with van der Waals surface area (Å²) in [5.41, 5.74) is 2.43. The molecule has 2 aromatic carbocycles. The van der Waals surface area contributed by atoms with E-state index in [-0.39, 0.29) is 23.2 Å². The number of ether oxygens (including phenoxy) is 1. The van der Waals surface area contributed by atoms with E-state index < -0.39 is 41.2 Å². The van der Waals surface area contributed by atoms with Gasteiger partial charge < -0.3 is 4.74 Å². The van der Waals surface area contributed by atoms with Gasteiger partial charge >= 0.3 is 5.97 Å². The summed E-state index contributed by atoms with van der Waals surface area (Å²) in [6, 6.07) is 14.4. The maximum absolute atomic E-state index is 13.1. The fourth-order valence-electron chi connectivity index (χ4n) is 3.81. The second-order valence-corrected chi connectivity index (χ2v) is 9.50. The van der Waals surface area contributed by atoms with Crippen molar-refractivity contribution in [1.29, 1.82) is 5.26 Å². The second-order valence-electron chi connectivity index (χ2n) is 8.30. The lowest BCUT2D eigenvalue weighted by molar-refractivity contribution is -0.121. The molecular formula is C27H20FN3O5S. The van der Waals surface area contributed by atoms with Gasteiger partial charge in [0.05, 0.1) is 22.1 Å². The molecule has 1 unspecified atom stereocenters. The highest BCUT2D eigenvalue weighted by atomic mass is 32.2. The van der Waals surface area contributed by atoms with E-state index in [2.05, 4.69) is 11.1 Å². The highest BCUT2D eigenvalue weighted by molar-refractivity contribution is 8.00. The van der Waals surface area contributed by atoms with Crippen LogP contribution in [0.4, 0.5) is 10.1 Å². The van der Waals surface area contributed by atoms with Crippen molar-refractivity contribution in [2.24, 2.45) is 0 Å². The molecule has 1 aromatic heterocycles. The standard InChI is InChI=1S/C27H20FN3O5S/c1-15-11-16(2)30-25(21(15)13-29)37-23-12-24(33)31(26(23)34)20-9-5-18(6-10-20)27(35)36-14-22(32)17-3-7-19(28)8-4-17/h3-11,23H,12,14H2,1-2H3. The van der Waals surface area contributed by atoms with Crippen LogP contribution >= 0.6 is 11.8 Å². The lowest BCUT2D eigenvalue weighted by Gasteiger charge is -2.15. The lowest BCUT2D eigenvalue weighted by Crippen LogP contribution is -2.31. The summed E-state index contributed by atoms with van der Waals surface area (Å²) in [5.74, 6) is -2.59. The number of pyridine rings is 1. The number of rotatable bonds is 7. The van der Waals surface area contributed by atoms with E-state index in [0.717, 1.165) is 34.4 Å².